The zero-order valence-electron chi connectivity index (χ0n) is 12.6. The van der Waals surface area contributed by atoms with Crippen LogP contribution in [0.15, 0.2) is 24.3 Å². The van der Waals surface area contributed by atoms with Gasteiger partial charge in [-0.15, -0.1) is 0 Å². The summed E-state index contributed by atoms with van der Waals surface area (Å²) in [5, 5.41) is 3.21. The van der Waals surface area contributed by atoms with E-state index in [4.69, 9.17) is 0 Å². The van der Waals surface area contributed by atoms with Crippen molar-refractivity contribution in [2.24, 2.45) is 0 Å². The summed E-state index contributed by atoms with van der Waals surface area (Å²) in [6.07, 6.45) is -1.96. The summed E-state index contributed by atoms with van der Waals surface area (Å²) in [6, 6.07) is 5.23. The van der Waals surface area contributed by atoms with Gasteiger partial charge in [-0.25, -0.2) is 0 Å². The quantitative estimate of drug-likeness (QED) is 0.817. The Labute approximate surface area is 128 Å². The summed E-state index contributed by atoms with van der Waals surface area (Å²) >= 11 is 0. The maximum atomic E-state index is 12.7. The fraction of sp³-hybridized carbons (Fsp3) is 0.562. The zero-order chi connectivity index (χ0) is 16.2. The van der Waals surface area contributed by atoms with Crippen LogP contribution in [0.3, 0.4) is 0 Å². The number of amides is 1. The minimum Gasteiger partial charge on any atom is -0.343 e. The summed E-state index contributed by atoms with van der Waals surface area (Å²) < 4.78 is 38.1. The predicted molar refractivity (Wildman–Crippen MR) is 78.3 cm³/mol. The number of nitrogens with zero attached hydrogens (tertiary/aromatic N) is 1. The Morgan fingerprint density at radius 3 is 2.77 bits per heavy atom. The van der Waals surface area contributed by atoms with Crippen molar-refractivity contribution in [2.45, 2.75) is 38.4 Å². The number of hydrogen-bond donors (Lipinski definition) is 1. The molecule has 1 fully saturated rings. The molecule has 3 nitrogen and oxygen atoms in total. The van der Waals surface area contributed by atoms with Crippen molar-refractivity contribution in [3.05, 3.63) is 35.4 Å². The van der Waals surface area contributed by atoms with Crippen LogP contribution < -0.4 is 5.32 Å². The number of benzene rings is 1. The lowest BCUT2D eigenvalue weighted by Gasteiger charge is -2.18. The Hall–Kier alpha value is -1.56. The first-order valence-corrected chi connectivity index (χ1v) is 7.56. The van der Waals surface area contributed by atoms with E-state index < -0.39 is 11.7 Å². The lowest BCUT2D eigenvalue weighted by atomic mass is 10.0. The molecule has 0 spiro atoms. The fourth-order valence-electron chi connectivity index (χ4n) is 2.63. The minimum absolute atomic E-state index is 0.156. The summed E-state index contributed by atoms with van der Waals surface area (Å²) in [5.74, 6) is 0.200. The second-order valence-electron chi connectivity index (χ2n) is 5.64. The molecule has 122 valence electrons. The molecule has 1 aliphatic heterocycles. The third-order valence-corrected chi connectivity index (χ3v) is 3.94. The van der Waals surface area contributed by atoms with Gasteiger partial charge in [-0.3, -0.25) is 4.79 Å². The van der Waals surface area contributed by atoms with Crippen molar-refractivity contribution in [3.63, 3.8) is 0 Å². The van der Waals surface area contributed by atoms with E-state index in [1.165, 1.54) is 12.1 Å². The maximum absolute atomic E-state index is 12.7. The summed E-state index contributed by atoms with van der Waals surface area (Å²) in [7, 11) is 0. The molecule has 0 saturated carbocycles. The molecule has 2 rings (SSSR count). The van der Waals surface area contributed by atoms with Gasteiger partial charge in [0.05, 0.1) is 5.56 Å². The Morgan fingerprint density at radius 2 is 2.14 bits per heavy atom. The van der Waals surface area contributed by atoms with Crippen LogP contribution in [0.25, 0.3) is 0 Å². The molecule has 1 atom stereocenters. The summed E-state index contributed by atoms with van der Waals surface area (Å²) in [4.78, 5) is 13.3. The molecular formula is C16H21F3N2O. The van der Waals surface area contributed by atoms with Crippen LogP contribution in [-0.2, 0) is 11.0 Å². The summed E-state index contributed by atoms with van der Waals surface area (Å²) in [6.45, 7) is 4.04. The van der Waals surface area contributed by atoms with E-state index in [0.717, 1.165) is 25.5 Å². The van der Waals surface area contributed by atoms with E-state index in [0.29, 0.717) is 25.1 Å². The van der Waals surface area contributed by atoms with Crippen molar-refractivity contribution >= 4 is 5.91 Å². The van der Waals surface area contributed by atoms with Gasteiger partial charge in [0.1, 0.15) is 0 Å². The monoisotopic (exact) mass is 314 g/mol. The smallest absolute Gasteiger partial charge is 0.343 e. The van der Waals surface area contributed by atoms with Crippen LogP contribution in [0, 0.1) is 0 Å². The highest BCUT2D eigenvalue weighted by Gasteiger charge is 2.30. The molecule has 1 aromatic rings. The van der Waals surface area contributed by atoms with Crippen molar-refractivity contribution in [2.75, 3.05) is 19.6 Å². The largest absolute Gasteiger partial charge is 0.416 e. The average Bonchev–Trinajstić information content (AvgIpc) is 2.88. The van der Waals surface area contributed by atoms with Gasteiger partial charge in [0.2, 0.25) is 5.91 Å². The van der Waals surface area contributed by atoms with E-state index >= 15 is 0 Å². The average molecular weight is 314 g/mol. The normalized spacial score (nSPS) is 17.1. The van der Waals surface area contributed by atoms with Gasteiger partial charge in [-0.2, -0.15) is 13.2 Å². The van der Waals surface area contributed by atoms with Crippen LogP contribution in [0.1, 0.15) is 43.4 Å². The van der Waals surface area contributed by atoms with E-state index in [1.54, 1.807) is 6.07 Å². The molecule has 0 unspecified atom stereocenters. The molecule has 1 N–H and O–H groups in total. The number of carbonyl (C=O) groups is 1. The Bertz CT molecular complexity index is 516. The molecule has 1 saturated heterocycles. The number of rotatable bonds is 6. The molecule has 0 aliphatic carbocycles. The molecule has 22 heavy (non-hydrogen) atoms. The van der Waals surface area contributed by atoms with E-state index in [2.05, 4.69) is 5.32 Å². The zero-order valence-corrected chi connectivity index (χ0v) is 12.6. The van der Waals surface area contributed by atoms with E-state index in [-0.39, 0.29) is 11.9 Å². The molecule has 1 aliphatic rings. The number of halogens is 3. The number of nitrogens with one attached hydrogen (secondary N) is 1. The summed E-state index contributed by atoms with van der Waals surface area (Å²) in [5.41, 5.74) is -0.00612. The topological polar surface area (TPSA) is 32.3 Å². The highest BCUT2D eigenvalue weighted by molar-refractivity contribution is 5.77. The van der Waals surface area contributed by atoms with Crippen molar-refractivity contribution in [3.8, 4) is 0 Å². The minimum atomic E-state index is -4.31. The van der Waals surface area contributed by atoms with E-state index in [1.807, 2.05) is 11.8 Å². The maximum Gasteiger partial charge on any atom is 0.416 e. The fourth-order valence-corrected chi connectivity index (χ4v) is 2.63. The van der Waals surface area contributed by atoms with E-state index in [9.17, 15) is 18.0 Å². The van der Waals surface area contributed by atoms with Gasteiger partial charge in [0.15, 0.2) is 0 Å². The predicted octanol–water partition coefficient (Wildman–Crippen LogP) is 3.37. The number of alkyl halides is 3. The lowest BCUT2D eigenvalue weighted by molar-refractivity contribution is -0.137. The van der Waals surface area contributed by atoms with Crippen LogP contribution in [0.5, 0.6) is 0 Å². The first kappa shape index (κ1) is 16.8. The lowest BCUT2D eigenvalue weighted by Crippen LogP contribution is -2.29. The third kappa shape index (κ3) is 4.47. The highest BCUT2D eigenvalue weighted by atomic mass is 19.4. The number of hydrogen-bond acceptors (Lipinski definition) is 2. The highest BCUT2D eigenvalue weighted by Crippen LogP contribution is 2.30. The van der Waals surface area contributed by atoms with Crippen LogP contribution in [0.2, 0.25) is 0 Å². The Balaban J connectivity index is 1.79. The molecule has 1 amide bonds. The first-order valence-electron chi connectivity index (χ1n) is 7.56. The van der Waals surface area contributed by atoms with Gasteiger partial charge >= 0.3 is 6.18 Å². The third-order valence-electron chi connectivity index (χ3n) is 3.94. The van der Waals surface area contributed by atoms with Gasteiger partial charge < -0.3 is 10.2 Å². The van der Waals surface area contributed by atoms with Crippen LogP contribution in [-0.4, -0.2) is 30.4 Å². The van der Waals surface area contributed by atoms with Gasteiger partial charge in [-0.1, -0.05) is 12.1 Å². The number of carbonyl (C=O) groups excluding carboxylic acids is 1. The number of likely N-dealkylation sites (tertiary alicyclic amines) is 1. The van der Waals surface area contributed by atoms with Crippen LogP contribution >= 0.6 is 0 Å². The molecule has 0 radical (unpaired) electrons. The molecule has 1 heterocycles. The first-order chi connectivity index (χ1) is 10.4. The van der Waals surface area contributed by atoms with Gasteiger partial charge in [-0.05, 0) is 44.0 Å². The SMILES string of the molecule is C[C@@H](NCCCN1CCCC1=O)c1cccc(C(F)(F)F)c1. The second kappa shape index (κ2) is 7.13. The molecular weight excluding hydrogens is 293 g/mol. The molecule has 6 heteroatoms. The van der Waals surface area contributed by atoms with Crippen molar-refractivity contribution in [1.29, 1.82) is 0 Å². The molecule has 0 bridgehead atoms. The molecule has 0 aromatic heterocycles. The van der Waals surface area contributed by atoms with Crippen molar-refractivity contribution in [1.82, 2.24) is 10.2 Å². The van der Waals surface area contributed by atoms with Gasteiger partial charge in [0.25, 0.3) is 0 Å². The van der Waals surface area contributed by atoms with Crippen molar-refractivity contribution < 1.29 is 18.0 Å². The Morgan fingerprint density at radius 1 is 1.36 bits per heavy atom. The molecule has 1 aromatic carbocycles. The second-order valence-corrected chi connectivity index (χ2v) is 5.64. The van der Waals surface area contributed by atoms with Crippen LogP contribution in [0.4, 0.5) is 13.2 Å². The van der Waals surface area contributed by atoms with Gasteiger partial charge in [0, 0.05) is 25.6 Å². The standard InChI is InChI=1S/C16H21F3N2O/c1-12(13-5-2-6-14(11-13)16(17,18)19)20-8-4-10-21-9-3-7-15(21)22/h2,5-6,11-12,20H,3-4,7-10H2,1H3/t12-/m1/s1. The Kier molecular flexibility index (Phi) is 5.45.